The number of anilines is 1. The van der Waals surface area contributed by atoms with Crippen molar-refractivity contribution in [2.45, 2.75) is 45.5 Å². The Morgan fingerprint density at radius 2 is 1.64 bits per heavy atom. The Kier molecular flexibility index (Phi) is 4.76. The second-order valence-corrected chi connectivity index (χ2v) is 7.20. The molecule has 2 heterocycles. The lowest BCUT2D eigenvalue weighted by atomic mass is 9.79. The van der Waals surface area contributed by atoms with E-state index in [-0.39, 0.29) is 11.2 Å². The van der Waals surface area contributed by atoms with E-state index >= 15 is 0 Å². The summed E-state index contributed by atoms with van der Waals surface area (Å²) in [7, 11) is 1.38. The highest BCUT2D eigenvalue weighted by Crippen LogP contribution is 2.37. The largest absolute Gasteiger partial charge is 0.498 e. The summed E-state index contributed by atoms with van der Waals surface area (Å²) in [6.07, 6.45) is 0. The average Bonchev–Trinajstić information content (AvgIpc) is 2.81. The van der Waals surface area contributed by atoms with Crippen molar-refractivity contribution in [2.75, 3.05) is 12.4 Å². The lowest BCUT2D eigenvalue weighted by Gasteiger charge is -2.32. The fourth-order valence-electron chi connectivity index (χ4n) is 2.62. The van der Waals surface area contributed by atoms with Gasteiger partial charge in [0.25, 0.3) is 0 Å². The zero-order chi connectivity index (χ0) is 18.1. The molecule has 0 amide bonds. The molecular formula is C19H25BN2O3. The third-order valence-corrected chi connectivity index (χ3v) is 4.87. The van der Waals surface area contributed by atoms with Crippen LogP contribution in [0.4, 0.5) is 5.82 Å². The van der Waals surface area contributed by atoms with Crippen LogP contribution in [-0.4, -0.2) is 30.4 Å². The summed E-state index contributed by atoms with van der Waals surface area (Å²) in [6.45, 7) is 8.63. The molecule has 1 fully saturated rings. The molecule has 0 aliphatic carbocycles. The molecule has 132 valence electrons. The zero-order valence-corrected chi connectivity index (χ0v) is 15.5. The Bertz CT molecular complexity index is 719. The van der Waals surface area contributed by atoms with Crippen molar-refractivity contribution in [1.29, 1.82) is 0 Å². The van der Waals surface area contributed by atoms with E-state index in [1.165, 1.54) is 0 Å². The molecule has 25 heavy (non-hydrogen) atoms. The molecule has 0 radical (unpaired) electrons. The van der Waals surface area contributed by atoms with E-state index in [0.717, 1.165) is 11.0 Å². The SMILES string of the molecule is CNc1nc(OCc2ccccc2)ccc1B1OC(C)(C)C(C)(C)O1. The molecule has 6 heteroatoms. The van der Waals surface area contributed by atoms with Crippen molar-refractivity contribution in [3.63, 3.8) is 0 Å². The van der Waals surface area contributed by atoms with Crippen LogP contribution in [0.5, 0.6) is 5.88 Å². The second kappa shape index (κ2) is 6.69. The van der Waals surface area contributed by atoms with Crippen LogP contribution in [0.15, 0.2) is 42.5 Å². The fraction of sp³-hybridized carbons (Fsp3) is 0.421. The van der Waals surface area contributed by atoms with Crippen LogP contribution in [-0.2, 0) is 15.9 Å². The predicted molar refractivity (Wildman–Crippen MR) is 100 cm³/mol. The van der Waals surface area contributed by atoms with Crippen molar-refractivity contribution in [3.05, 3.63) is 48.0 Å². The quantitative estimate of drug-likeness (QED) is 0.848. The molecule has 1 N–H and O–H groups in total. The molecule has 1 saturated heterocycles. The Hall–Kier alpha value is -2.05. The maximum absolute atomic E-state index is 6.12. The first-order chi connectivity index (χ1) is 11.8. The van der Waals surface area contributed by atoms with Gasteiger partial charge in [0.2, 0.25) is 5.88 Å². The Balaban J connectivity index is 1.76. The van der Waals surface area contributed by atoms with Crippen molar-refractivity contribution in [2.24, 2.45) is 0 Å². The highest BCUT2D eigenvalue weighted by atomic mass is 16.7. The third-order valence-electron chi connectivity index (χ3n) is 4.87. The van der Waals surface area contributed by atoms with Crippen molar-refractivity contribution in [1.82, 2.24) is 4.98 Å². The average molecular weight is 340 g/mol. The molecule has 0 saturated carbocycles. The summed E-state index contributed by atoms with van der Waals surface area (Å²) >= 11 is 0. The Labute approximate surface area is 149 Å². The van der Waals surface area contributed by atoms with Crippen LogP contribution < -0.4 is 15.5 Å². The molecule has 1 aromatic heterocycles. The highest BCUT2D eigenvalue weighted by molar-refractivity contribution is 6.63. The van der Waals surface area contributed by atoms with Crippen LogP contribution >= 0.6 is 0 Å². The van der Waals surface area contributed by atoms with E-state index < -0.39 is 7.12 Å². The van der Waals surface area contributed by atoms with E-state index in [2.05, 4.69) is 10.3 Å². The number of hydrogen-bond donors (Lipinski definition) is 1. The molecular weight excluding hydrogens is 315 g/mol. The normalized spacial score (nSPS) is 18.2. The van der Waals surface area contributed by atoms with Crippen molar-refractivity contribution >= 4 is 18.4 Å². The number of aromatic nitrogens is 1. The van der Waals surface area contributed by atoms with Crippen LogP contribution in [0.3, 0.4) is 0 Å². The molecule has 0 spiro atoms. The molecule has 0 bridgehead atoms. The van der Waals surface area contributed by atoms with Gasteiger partial charge in [-0.15, -0.1) is 0 Å². The minimum Gasteiger partial charge on any atom is -0.473 e. The lowest BCUT2D eigenvalue weighted by Crippen LogP contribution is -2.41. The summed E-state index contributed by atoms with van der Waals surface area (Å²) < 4.78 is 18.0. The minimum atomic E-state index is -0.455. The highest BCUT2D eigenvalue weighted by Gasteiger charge is 2.52. The van der Waals surface area contributed by atoms with Gasteiger partial charge in [0.1, 0.15) is 12.4 Å². The van der Waals surface area contributed by atoms with Crippen LogP contribution in [0.1, 0.15) is 33.3 Å². The topological polar surface area (TPSA) is 52.6 Å². The van der Waals surface area contributed by atoms with Crippen LogP contribution in [0, 0.1) is 0 Å². The number of ether oxygens (including phenoxy) is 1. The molecule has 5 nitrogen and oxygen atoms in total. The second-order valence-electron chi connectivity index (χ2n) is 7.20. The number of pyridine rings is 1. The zero-order valence-electron chi connectivity index (χ0n) is 15.5. The monoisotopic (exact) mass is 340 g/mol. The molecule has 0 atom stereocenters. The minimum absolute atomic E-state index is 0.384. The first-order valence-electron chi connectivity index (χ1n) is 8.53. The smallest absolute Gasteiger partial charge is 0.473 e. The van der Waals surface area contributed by atoms with Crippen molar-refractivity contribution in [3.8, 4) is 5.88 Å². The van der Waals surface area contributed by atoms with Gasteiger partial charge in [-0.2, -0.15) is 4.98 Å². The fourth-order valence-corrected chi connectivity index (χ4v) is 2.62. The number of hydrogen-bond acceptors (Lipinski definition) is 5. The molecule has 3 rings (SSSR count). The van der Waals surface area contributed by atoms with Gasteiger partial charge in [0.15, 0.2) is 0 Å². The summed E-state index contributed by atoms with van der Waals surface area (Å²) in [5, 5.41) is 3.11. The van der Waals surface area contributed by atoms with Gasteiger partial charge in [-0.05, 0) is 33.3 Å². The van der Waals surface area contributed by atoms with Gasteiger partial charge in [0, 0.05) is 18.6 Å². The van der Waals surface area contributed by atoms with E-state index in [9.17, 15) is 0 Å². The van der Waals surface area contributed by atoms with E-state index in [1.54, 1.807) is 0 Å². The number of benzene rings is 1. The maximum atomic E-state index is 6.12. The summed E-state index contributed by atoms with van der Waals surface area (Å²) in [4.78, 5) is 4.55. The van der Waals surface area contributed by atoms with Crippen LogP contribution in [0.25, 0.3) is 0 Å². The number of nitrogens with one attached hydrogen (secondary N) is 1. The molecule has 1 aliphatic heterocycles. The summed E-state index contributed by atoms with van der Waals surface area (Å²) in [6, 6.07) is 13.8. The van der Waals surface area contributed by atoms with Gasteiger partial charge < -0.3 is 19.4 Å². The van der Waals surface area contributed by atoms with E-state index in [4.69, 9.17) is 14.0 Å². The molecule has 0 unspecified atom stereocenters. The van der Waals surface area contributed by atoms with Gasteiger partial charge in [-0.25, -0.2) is 0 Å². The first-order valence-corrected chi connectivity index (χ1v) is 8.53. The predicted octanol–water partition coefficient (Wildman–Crippen LogP) is 3.00. The third kappa shape index (κ3) is 3.65. The van der Waals surface area contributed by atoms with E-state index in [0.29, 0.717) is 18.3 Å². The number of nitrogens with zero attached hydrogens (tertiary/aromatic N) is 1. The molecule has 1 aromatic carbocycles. The van der Waals surface area contributed by atoms with Crippen LogP contribution in [0.2, 0.25) is 0 Å². The van der Waals surface area contributed by atoms with Gasteiger partial charge in [-0.1, -0.05) is 36.4 Å². The van der Waals surface area contributed by atoms with Gasteiger partial charge in [0.05, 0.1) is 11.2 Å². The van der Waals surface area contributed by atoms with E-state index in [1.807, 2.05) is 77.2 Å². The van der Waals surface area contributed by atoms with Gasteiger partial charge >= 0.3 is 7.12 Å². The number of rotatable bonds is 5. The first kappa shape index (κ1) is 17.8. The van der Waals surface area contributed by atoms with Crippen molar-refractivity contribution < 1.29 is 14.0 Å². The summed E-state index contributed by atoms with van der Waals surface area (Å²) in [5.74, 6) is 1.26. The van der Waals surface area contributed by atoms with Gasteiger partial charge in [-0.3, -0.25) is 0 Å². The lowest BCUT2D eigenvalue weighted by molar-refractivity contribution is 0.00578. The standard InChI is InChI=1S/C19H25BN2O3/c1-18(2)19(3,4)25-20(24-18)15-11-12-16(22-17(15)21-5)23-13-14-9-7-6-8-10-14/h6-12H,13H2,1-5H3,(H,21,22). The Morgan fingerprint density at radius 3 is 2.24 bits per heavy atom. The summed E-state index contributed by atoms with van der Waals surface area (Å²) in [5.41, 5.74) is 1.20. The molecule has 1 aliphatic rings. The Morgan fingerprint density at radius 1 is 1.00 bits per heavy atom. The maximum Gasteiger partial charge on any atom is 0.498 e. The molecule has 2 aromatic rings.